The first-order valence-corrected chi connectivity index (χ1v) is 8.49. The Bertz CT molecular complexity index is 610. The Hall–Kier alpha value is -0.570. The average molecular weight is 369 g/mol. The predicted octanol–water partition coefficient (Wildman–Crippen LogP) is 2.13. The van der Waals surface area contributed by atoms with Crippen LogP contribution in [-0.4, -0.2) is 21.0 Å². The van der Waals surface area contributed by atoms with Crippen molar-refractivity contribution in [2.45, 2.75) is 30.2 Å². The third kappa shape index (κ3) is 3.19. The Morgan fingerprint density at radius 3 is 2.65 bits per heavy atom. The van der Waals surface area contributed by atoms with Gasteiger partial charge in [-0.25, -0.2) is 21.9 Å². The maximum Gasteiger partial charge on any atom is 0.243 e. The minimum atomic E-state index is -4.10. The normalized spacial score (nSPS) is 23.2. The van der Waals surface area contributed by atoms with Gasteiger partial charge < -0.3 is 5.73 Å². The van der Waals surface area contributed by atoms with Crippen molar-refractivity contribution in [3.8, 4) is 0 Å². The second-order valence-electron chi connectivity index (χ2n) is 4.85. The van der Waals surface area contributed by atoms with Crippen LogP contribution in [0, 0.1) is 17.6 Å². The van der Waals surface area contributed by atoms with E-state index in [-0.39, 0.29) is 16.4 Å². The number of halogens is 3. The quantitative estimate of drug-likeness (QED) is 0.799. The van der Waals surface area contributed by atoms with Crippen LogP contribution in [0.3, 0.4) is 0 Å². The summed E-state index contributed by atoms with van der Waals surface area (Å²) in [4.78, 5) is -0.680. The molecule has 0 radical (unpaired) electrons. The zero-order valence-electron chi connectivity index (χ0n) is 10.6. The molecule has 2 atom stereocenters. The molecule has 2 unspecified atom stereocenters. The highest BCUT2D eigenvalue weighted by molar-refractivity contribution is 9.10. The highest BCUT2D eigenvalue weighted by Gasteiger charge is 2.31. The lowest BCUT2D eigenvalue weighted by Crippen LogP contribution is -2.40. The van der Waals surface area contributed by atoms with Crippen LogP contribution >= 0.6 is 15.9 Å². The van der Waals surface area contributed by atoms with Crippen LogP contribution < -0.4 is 10.5 Å². The Morgan fingerprint density at radius 1 is 1.30 bits per heavy atom. The Morgan fingerprint density at radius 2 is 2.00 bits per heavy atom. The molecule has 2 rings (SSSR count). The molecule has 0 spiro atoms. The minimum absolute atomic E-state index is 0.0353. The van der Waals surface area contributed by atoms with Gasteiger partial charge in [0.1, 0.15) is 16.5 Å². The summed E-state index contributed by atoms with van der Waals surface area (Å²) >= 11 is 2.81. The second-order valence-corrected chi connectivity index (χ2v) is 7.39. The van der Waals surface area contributed by atoms with E-state index in [2.05, 4.69) is 20.7 Å². The number of hydrogen-bond acceptors (Lipinski definition) is 3. The molecule has 1 aliphatic rings. The van der Waals surface area contributed by atoms with E-state index in [0.29, 0.717) is 19.0 Å². The molecule has 0 heterocycles. The summed E-state index contributed by atoms with van der Waals surface area (Å²) in [6, 6.07) is 1.16. The monoisotopic (exact) mass is 368 g/mol. The van der Waals surface area contributed by atoms with Gasteiger partial charge in [-0.2, -0.15) is 0 Å². The summed E-state index contributed by atoms with van der Waals surface area (Å²) in [6.45, 7) is 0.365. The molecule has 0 saturated heterocycles. The van der Waals surface area contributed by atoms with E-state index in [4.69, 9.17) is 5.73 Å². The molecule has 0 bridgehead atoms. The smallest absolute Gasteiger partial charge is 0.243 e. The Labute approximate surface area is 124 Å². The number of sulfonamides is 1. The lowest BCUT2D eigenvalue weighted by Gasteiger charge is -2.19. The predicted molar refractivity (Wildman–Crippen MR) is 74.6 cm³/mol. The van der Waals surface area contributed by atoms with E-state index in [0.717, 1.165) is 18.9 Å². The van der Waals surface area contributed by atoms with E-state index in [1.54, 1.807) is 0 Å². The van der Waals surface area contributed by atoms with Gasteiger partial charge in [-0.3, -0.25) is 0 Å². The molecular weight excluding hydrogens is 354 g/mol. The second kappa shape index (κ2) is 6.05. The van der Waals surface area contributed by atoms with Crippen LogP contribution in [0.2, 0.25) is 0 Å². The zero-order chi connectivity index (χ0) is 14.9. The maximum absolute atomic E-state index is 13.7. The first-order chi connectivity index (χ1) is 9.35. The topological polar surface area (TPSA) is 72.2 Å². The van der Waals surface area contributed by atoms with Crippen molar-refractivity contribution in [2.75, 3.05) is 6.54 Å². The molecule has 112 valence electrons. The first kappa shape index (κ1) is 15.8. The molecule has 1 saturated carbocycles. The summed E-state index contributed by atoms with van der Waals surface area (Å²) in [5.74, 6) is -1.78. The summed E-state index contributed by atoms with van der Waals surface area (Å²) in [5.41, 5.74) is 5.58. The summed E-state index contributed by atoms with van der Waals surface area (Å²) < 4.78 is 53.8. The van der Waals surface area contributed by atoms with Gasteiger partial charge in [-0.15, -0.1) is 0 Å². The summed E-state index contributed by atoms with van der Waals surface area (Å²) in [7, 11) is -4.10. The molecule has 1 fully saturated rings. The number of rotatable bonds is 4. The van der Waals surface area contributed by atoms with Crippen molar-refractivity contribution in [2.24, 2.45) is 11.7 Å². The van der Waals surface area contributed by atoms with Crippen molar-refractivity contribution >= 4 is 26.0 Å². The SMILES string of the molecule is NCC1CCCC1NS(=O)(=O)c1cc(F)c(Br)cc1F. The number of nitrogens with one attached hydrogen (secondary N) is 1. The number of nitrogens with two attached hydrogens (primary N) is 1. The largest absolute Gasteiger partial charge is 0.330 e. The van der Waals surface area contributed by atoms with Crippen LogP contribution in [0.5, 0.6) is 0 Å². The Kier molecular flexibility index (Phi) is 4.78. The van der Waals surface area contributed by atoms with Gasteiger partial charge in [0.05, 0.1) is 4.47 Å². The van der Waals surface area contributed by atoms with Crippen molar-refractivity contribution in [3.63, 3.8) is 0 Å². The number of hydrogen-bond donors (Lipinski definition) is 2. The van der Waals surface area contributed by atoms with E-state index in [1.165, 1.54) is 0 Å². The first-order valence-electron chi connectivity index (χ1n) is 6.22. The molecular formula is C12H15BrF2N2O2S. The van der Waals surface area contributed by atoms with Gasteiger partial charge in [0.2, 0.25) is 10.0 Å². The van der Waals surface area contributed by atoms with E-state index in [1.807, 2.05) is 0 Å². The van der Waals surface area contributed by atoms with Crippen LogP contribution in [-0.2, 0) is 10.0 Å². The minimum Gasteiger partial charge on any atom is -0.330 e. The third-order valence-electron chi connectivity index (χ3n) is 3.53. The van der Waals surface area contributed by atoms with E-state index >= 15 is 0 Å². The van der Waals surface area contributed by atoms with Gasteiger partial charge in [0.15, 0.2) is 0 Å². The van der Waals surface area contributed by atoms with E-state index in [9.17, 15) is 17.2 Å². The fourth-order valence-corrected chi connectivity index (χ4v) is 4.17. The molecule has 3 N–H and O–H groups in total. The van der Waals surface area contributed by atoms with Crippen molar-refractivity contribution in [1.82, 2.24) is 4.72 Å². The lowest BCUT2D eigenvalue weighted by atomic mass is 10.1. The van der Waals surface area contributed by atoms with Crippen molar-refractivity contribution in [3.05, 3.63) is 28.2 Å². The van der Waals surface area contributed by atoms with Gasteiger partial charge in [-0.1, -0.05) is 6.42 Å². The van der Waals surface area contributed by atoms with Crippen LogP contribution in [0.4, 0.5) is 8.78 Å². The highest BCUT2D eigenvalue weighted by atomic mass is 79.9. The average Bonchev–Trinajstić information content (AvgIpc) is 2.80. The van der Waals surface area contributed by atoms with Gasteiger partial charge in [0.25, 0.3) is 0 Å². The molecule has 0 aliphatic heterocycles. The van der Waals surface area contributed by atoms with Gasteiger partial charge in [0, 0.05) is 6.04 Å². The number of benzene rings is 1. The fraction of sp³-hybridized carbons (Fsp3) is 0.500. The summed E-state index contributed by atoms with van der Waals surface area (Å²) in [6.07, 6.45) is 2.36. The molecule has 1 aromatic rings. The highest BCUT2D eigenvalue weighted by Crippen LogP contribution is 2.28. The maximum atomic E-state index is 13.7. The van der Waals surface area contributed by atoms with Crippen molar-refractivity contribution in [1.29, 1.82) is 0 Å². The third-order valence-corrected chi connectivity index (χ3v) is 5.65. The van der Waals surface area contributed by atoms with Crippen LogP contribution in [0.15, 0.2) is 21.5 Å². The van der Waals surface area contributed by atoms with Crippen molar-refractivity contribution < 1.29 is 17.2 Å². The molecule has 1 aliphatic carbocycles. The summed E-state index contributed by atoms with van der Waals surface area (Å²) in [5, 5.41) is 0. The molecule has 20 heavy (non-hydrogen) atoms. The van der Waals surface area contributed by atoms with Crippen LogP contribution in [0.25, 0.3) is 0 Å². The zero-order valence-corrected chi connectivity index (χ0v) is 13.0. The van der Waals surface area contributed by atoms with Gasteiger partial charge >= 0.3 is 0 Å². The lowest BCUT2D eigenvalue weighted by molar-refractivity contribution is 0.450. The fourth-order valence-electron chi connectivity index (χ4n) is 2.45. The Balaban J connectivity index is 2.29. The van der Waals surface area contributed by atoms with Crippen LogP contribution in [0.1, 0.15) is 19.3 Å². The molecule has 4 nitrogen and oxygen atoms in total. The van der Waals surface area contributed by atoms with Gasteiger partial charge in [-0.05, 0) is 53.4 Å². The molecule has 1 aromatic carbocycles. The molecule has 8 heteroatoms. The van der Waals surface area contributed by atoms with E-state index < -0.39 is 26.6 Å². The standard InChI is InChI=1S/C12H15BrF2N2O2S/c13-8-4-10(15)12(5-9(8)14)20(18,19)17-11-3-1-2-7(11)6-16/h4-5,7,11,17H,1-3,6,16H2. The molecule has 0 amide bonds. The molecule has 0 aromatic heterocycles.